The Morgan fingerprint density at radius 1 is 1.11 bits per heavy atom. The van der Waals surface area contributed by atoms with Crippen molar-refractivity contribution in [3.8, 4) is 11.3 Å². The van der Waals surface area contributed by atoms with E-state index in [1.807, 2.05) is 0 Å². The first-order chi connectivity index (χ1) is 16.7. The maximum Gasteiger partial charge on any atom is 0.522 e. The maximum absolute atomic E-state index is 12.9. The van der Waals surface area contributed by atoms with Crippen LogP contribution >= 0.6 is 0 Å². The number of fused-ring (bicyclic) bond motifs is 2. The minimum absolute atomic E-state index is 0.0598. The molecule has 1 aliphatic carbocycles. The summed E-state index contributed by atoms with van der Waals surface area (Å²) in [6.07, 6.45) is -1.56. The van der Waals surface area contributed by atoms with Crippen molar-refractivity contribution < 1.29 is 26.7 Å². The van der Waals surface area contributed by atoms with Crippen molar-refractivity contribution in [1.82, 2.24) is 34.1 Å². The maximum atomic E-state index is 12.9. The number of imidazole rings is 1. The van der Waals surface area contributed by atoms with E-state index in [0.29, 0.717) is 54.2 Å². The lowest BCUT2D eigenvalue weighted by Crippen LogP contribution is -2.33. The number of anilines is 1. The van der Waals surface area contributed by atoms with Gasteiger partial charge in [-0.25, -0.2) is 33.2 Å². The van der Waals surface area contributed by atoms with Crippen molar-refractivity contribution in [2.24, 2.45) is 0 Å². The molecule has 0 radical (unpaired) electrons. The number of alkyl halides is 5. The molecule has 0 aliphatic heterocycles. The predicted octanol–water partition coefficient (Wildman–Crippen LogP) is 4.37. The Morgan fingerprint density at radius 3 is 2.60 bits per heavy atom. The van der Waals surface area contributed by atoms with Gasteiger partial charge in [-0.3, -0.25) is 4.74 Å². The minimum atomic E-state index is -4.62. The molecule has 1 fully saturated rings. The second-order valence-corrected chi connectivity index (χ2v) is 8.39. The van der Waals surface area contributed by atoms with Gasteiger partial charge in [-0.2, -0.15) is 0 Å². The molecule has 0 atom stereocenters. The molecule has 1 aliphatic rings. The number of halogens is 5. The zero-order valence-corrected chi connectivity index (χ0v) is 18.5. The molecule has 0 bridgehead atoms. The van der Waals surface area contributed by atoms with Crippen molar-refractivity contribution in [3.05, 3.63) is 30.5 Å². The number of rotatable bonds is 6. The van der Waals surface area contributed by atoms with Crippen molar-refractivity contribution in [2.45, 2.75) is 64.1 Å². The van der Waals surface area contributed by atoms with Gasteiger partial charge >= 0.3 is 6.36 Å². The van der Waals surface area contributed by atoms with Crippen LogP contribution in [-0.4, -0.2) is 59.1 Å². The number of nitrogens with one attached hydrogen (secondary N) is 1. The molecule has 0 unspecified atom stereocenters. The van der Waals surface area contributed by atoms with Crippen molar-refractivity contribution >= 4 is 22.8 Å². The van der Waals surface area contributed by atoms with E-state index in [1.165, 1.54) is 10.8 Å². The molecule has 0 spiro atoms. The van der Waals surface area contributed by atoms with Gasteiger partial charge in [0.15, 0.2) is 11.3 Å². The monoisotopic (exact) mass is 496 g/mol. The predicted molar refractivity (Wildman–Crippen MR) is 115 cm³/mol. The highest BCUT2D eigenvalue weighted by atomic mass is 19.4. The quantitative estimate of drug-likeness (QED) is 0.396. The number of nitrogens with zero attached hydrogens (tertiary/aromatic N) is 7. The Morgan fingerprint density at radius 2 is 1.89 bits per heavy atom. The van der Waals surface area contributed by atoms with Crippen molar-refractivity contribution in [3.63, 3.8) is 0 Å². The van der Waals surface area contributed by atoms with E-state index in [9.17, 15) is 22.0 Å². The summed E-state index contributed by atoms with van der Waals surface area (Å²) in [4.78, 5) is 17.4. The average Bonchev–Trinajstić information content (AvgIpc) is 3.34. The summed E-state index contributed by atoms with van der Waals surface area (Å²) in [7, 11) is 0. The van der Waals surface area contributed by atoms with Crippen LogP contribution in [0.2, 0.25) is 0 Å². The van der Waals surface area contributed by atoms with Gasteiger partial charge in [0.05, 0.1) is 36.3 Å². The number of hydrogen-bond donors (Lipinski definition) is 1. The van der Waals surface area contributed by atoms with Crippen LogP contribution < -0.4 is 5.32 Å². The molecule has 0 amide bonds. The first-order valence-electron chi connectivity index (χ1n) is 11.0. The molecule has 4 heterocycles. The second-order valence-electron chi connectivity index (χ2n) is 8.39. The first kappa shape index (κ1) is 23.3. The molecule has 186 valence electrons. The SMILES string of the molecule is Cc1nc2nc(-c3ccn4nc(N[C@H]5CC[C@@H](OC(F)(F)F)CC5)ncc34)cnc2n1CC(F)F. The highest BCUT2D eigenvalue weighted by Gasteiger charge is 2.35. The topological polar surface area (TPSA) is 95.1 Å². The van der Waals surface area contributed by atoms with Crippen LogP contribution in [0.1, 0.15) is 31.5 Å². The molecule has 1 saturated carbocycles. The molecule has 1 N–H and O–H groups in total. The van der Waals surface area contributed by atoms with Crippen LogP contribution in [0.15, 0.2) is 24.7 Å². The van der Waals surface area contributed by atoms with Gasteiger partial charge in [0, 0.05) is 17.8 Å². The van der Waals surface area contributed by atoms with E-state index in [1.54, 1.807) is 29.9 Å². The number of aromatic nitrogens is 7. The molecule has 4 aromatic rings. The molecular weight excluding hydrogens is 475 g/mol. The summed E-state index contributed by atoms with van der Waals surface area (Å²) in [5.74, 6) is 0.750. The molecule has 9 nitrogen and oxygen atoms in total. The first-order valence-corrected chi connectivity index (χ1v) is 11.0. The normalized spacial score (nSPS) is 19.2. The standard InChI is InChI=1S/C21H21F5N8O/c1-11-29-18-19(33(11)10-17(22)23)27-8-15(31-18)14-6-7-34-16(14)9-28-20(32-34)30-12-2-4-13(5-3-12)35-21(24,25)26/h6-9,12-13,17H,2-5,10H2,1H3,(H,30,32)/t12-,13+. The second kappa shape index (κ2) is 8.98. The largest absolute Gasteiger partial charge is 0.522 e. The molecule has 0 saturated heterocycles. The lowest BCUT2D eigenvalue weighted by molar-refractivity contribution is -0.345. The highest BCUT2D eigenvalue weighted by Crippen LogP contribution is 2.29. The zero-order chi connectivity index (χ0) is 24.7. The van der Waals surface area contributed by atoms with E-state index < -0.39 is 25.4 Å². The Labute approximate surface area is 195 Å². The van der Waals surface area contributed by atoms with Gasteiger partial charge in [0.25, 0.3) is 6.43 Å². The van der Waals surface area contributed by atoms with Gasteiger partial charge in [-0.15, -0.1) is 18.3 Å². The minimum Gasteiger partial charge on any atom is -0.350 e. The number of aryl methyl sites for hydroxylation is 1. The van der Waals surface area contributed by atoms with E-state index in [4.69, 9.17) is 0 Å². The van der Waals surface area contributed by atoms with Crippen LogP contribution in [0.3, 0.4) is 0 Å². The van der Waals surface area contributed by atoms with Crippen LogP contribution in [0.25, 0.3) is 28.1 Å². The molecular formula is C21H21F5N8O. The van der Waals surface area contributed by atoms with E-state index >= 15 is 0 Å². The van der Waals surface area contributed by atoms with E-state index in [2.05, 4.69) is 35.1 Å². The smallest absolute Gasteiger partial charge is 0.350 e. The molecule has 4 aromatic heterocycles. The fourth-order valence-corrected chi connectivity index (χ4v) is 4.37. The fourth-order valence-electron chi connectivity index (χ4n) is 4.37. The van der Waals surface area contributed by atoms with Gasteiger partial charge in [-0.1, -0.05) is 0 Å². The van der Waals surface area contributed by atoms with Crippen LogP contribution in [0.5, 0.6) is 0 Å². The van der Waals surface area contributed by atoms with E-state index in [-0.39, 0.29) is 17.3 Å². The van der Waals surface area contributed by atoms with Gasteiger partial charge in [-0.05, 0) is 38.7 Å². The Balaban J connectivity index is 1.32. The summed E-state index contributed by atoms with van der Waals surface area (Å²) in [6, 6.07) is 1.72. The van der Waals surface area contributed by atoms with Crippen molar-refractivity contribution in [2.75, 3.05) is 5.32 Å². The van der Waals surface area contributed by atoms with Gasteiger partial charge < -0.3 is 9.88 Å². The third kappa shape index (κ3) is 5.01. The Kier molecular flexibility index (Phi) is 5.99. The number of hydrogen-bond acceptors (Lipinski definition) is 7. The summed E-state index contributed by atoms with van der Waals surface area (Å²) in [6.45, 7) is 1.11. The number of ether oxygens (including phenoxy) is 1. The fraction of sp³-hybridized carbons (Fsp3) is 0.476. The molecule has 0 aromatic carbocycles. The summed E-state index contributed by atoms with van der Waals surface area (Å²) < 4.78 is 70.0. The summed E-state index contributed by atoms with van der Waals surface area (Å²) >= 11 is 0. The zero-order valence-electron chi connectivity index (χ0n) is 18.5. The third-order valence-corrected chi connectivity index (χ3v) is 5.97. The lowest BCUT2D eigenvalue weighted by Gasteiger charge is -2.29. The summed E-state index contributed by atoms with van der Waals surface area (Å²) in [5.41, 5.74) is 2.39. The highest BCUT2D eigenvalue weighted by molar-refractivity contribution is 5.80. The lowest BCUT2D eigenvalue weighted by atomic mass is 9.93. The third-order valence-electron chi connectivity index (χ3n) is 5.97. The molecule has 5 rings (SSSR count). The van der Waals surface area contributed by atoms with Crippen LogP contribution in [0, 0.1) is 6.92 Å². The Bertz CT molecular complexity index is 1340. The van der Waals surface area contributed by atoms with Gasteiger partial charge in [0.2, 0.25) is 5.95 Å². The average molecular weight is 496 g/mol. The van der Waals surface area contributed by atoms with Crippen LogP contribution in [0.4, 0.5) is 27.9 Å². The Hall–Kier alpha value is -3.42. The summed E-state index contributed by atoms with van der Waals surface area (Å²) in [5, 5.41) is 7.61. The molecule has 35 heavy (non-hydrogen) atoms. The van der Waals surface area contributed by atoms with Crippen molar-refractivity contribution in [1.29, 1.82) is 0 Å². The molecule has 14 heteroatoms. The van der Waals surface area contributed by atoms with Gasteiger partial charge in [0.1, 0.15) is 5.82 Å². The van der Waals surface area contributed by atoms with E-state index in [0.717, 1.165) is 0 Å². The van der Waals surface area contributed by atoms with Crippen LogP contribution in [-0.2, 0) is 11.3 Å².